The minimum Gasteiger partial charge on any atom is -0.321 e. The molecular formula is C20H23N5O5S. The predicted octanol–water partition coefficient (Wildman–Crippen LogP) is 0.697. The molecular weight excluding hydrogens is 422 g/mol. The van der Waals surface area contributed by atoms with Crippen molar-refractivity contribution in [1.82, 2.24) is 18.4 Å². The van der Waals surface area contributed by atoms with Crippen LogP contribution in [0.4, 0.5) is 5.69 Å². The Kier molecular flexibility index (Phi) is 5.83. The van der Waals surface area contributed by atoms with Crippen molar-refractivity contribution in [2.75, 3.05) is 19.4 Å². The van der Waals surface area contributed by atoms with Gasteiger partial charge in [0.05, 0.1) is 10.6 Å². The Morgan fingerprint density at radius 1 is 1.10 bits per heavy atom. The fourth-order valence-corrected chi connectivity index (χ4v) is 4.05. The highest BCUT2D eigenvalue weighted by molar-refractivity contribution is 7.89. The zero-order valence-electron chi connectivity index (χ0n) is 17.8. The van der Waals surface area contributed by atoms with E-state index in [1.54, 1.807) is 0 Å². The van der Waals surface area contributed by atoms with Crippen LogP contribution in [-0.2, 0) is 30.5 Å². The normalized spacial score (nSPS) is 11.8. The van der Waals surface area contributed by atoms with Crippen LogP contribution in [0, 0.1) is 0 Å². The number of sulfonamides is 1. The third kappa shape index (κ3) is 3.77. The van der Waals surface area contributed by atoms with Crippen LogP contribution >= 0.6 is 0 Å². The van der Waals surface area contributed by atoms with Crippen LogP contribution in [0.25, 0.3) is 11.0 Å². The first-order chi connectivity index (χ1) is 14.5. The second kappa shape index (κ2) is 8.08. The van der Waals surface area contributed by atoms with Crippen LogP contribution in [0.1, 0.15) is 22.8 Å². The van der Waals surface area contributed by atoms with Gasteiger partial charge in [-0.15, -0.1) is 0 Å². The lowest BCUT2D eigenvalue weighted by Gasteiger charge is -2.15. The van der Waals surface area contributed by atoms with Gasteiger partial charge in [-0.05, 0) is 36.2 Å². The van der Waals surface area contributed by atoms with E-state index in [1.807, 2.05) is 6.92 Å². The first-order valence-corrected chi connectivity index (χ1v) is 10.9. The van der Waals surface area contributed by atoms with Crippen molar-refractivity contribution in [2.45, 2.75) is 18.2 Å². The second-order valence-electron chi connectivity index (χ2n) is 7.18. The molecule has 0 bridgehead atoms. The van der Waals surface area contributed by atoms with Crippen LogP contribution in [0.5, 0.6) is 0 Å². The molecule has 1 aromatic carbocycles. The Labute approximate surface area is 178 Å². The molecule has 31 heavy (non-hydrogen) atoms. The van der Waals surface area contributed by atoms with E-state index in [2.05, 4.69) is 10.3 Å². The molecule has 3 rings (SSSR count). The molecule has 10 nitrogen and oxygen atoms in total. The lowest BCUT2D eigenvalue weighted by molar-refractivity contribution is 0.102. The van der Waals surface area contributed by atoms with Crippen LogP contribution in [0.15, 0.2) is 44.9 Å². The second-order valence-corrected chi connectivity index (χ2v) is 9.33. The Morgan fingerprint density at radius 3 is 2.26 bits per heavy atom. The van der Waals surface area contributed by atoms with Gasteiger partial charge in [0.15, 0.2) is 5.65 Å². The third-order valence-electron chi connectivity index (χ3n) is 5.06. The van der Waals surface area contributed by atoms with Gasteiger partial charge in [-0.3, -0.25) is 18.7 Å². The number of nitrogens with zero attached hydrogens (tertiary/aromatic N) is 4. The molecule has 0 aliphatic heterocycles. The molecule has 0 unspecified atom stereocenters. The van der Waals surface area contributed by atoms with E-state index in [0.717, 1.165) is 8.87 Å². The molecule has 11 heteroatoms. The number of fused-ring (bicyclic) bond motifs is 1. The summed E-state index contributed by atoms with van der Waals surface area (Å²) in [6, 6.07) is 5.49. The van der Waals surface area contributed by atoms with Crippen LogP contribution < -0.4 is 16.6 Å². The van der Waals surface area contributed by atoms with E-state index < -0.39 is 27.2 Å². The predicted molar refractivity (Wildman–Crippen MR) is 117 cm³/mol. The minimum absolute atomic E-state index is 0.0570. The fourth-order valence-electron chi connectivity index (χ4n) is 3.15. The Bertz CT molecular complexity index is 1400. The Hall–Kier alpha value is -3.31. The third-order valence-corrected chi connectivity index (χ3v) is 6.89. The van der Waals surface area contributed by atoms with Crippen LogP contribution in [0.3, 0.4) is 0 Å². The molecule has 3 aromatic rings. The zero-order chi connectivity index (χ0) is 23.1. The van der Waals surface area contributed by atoms with Crippen molar-refractivity contribution in [3.8, 4) is 0 Å². The number of amides is 1. The lowest BCUT2D eigenvalue weighted by atomic mass is 10.1. The van der Waals surface area contributed by atoms with Gasteiger partial charge in [-0.2, -0.15) is 0 Å². The summed E-state index contributed by atoms with van der Waals surface area (Å²) in [5, 5.41) is 2.88. The quantitative estimate of drug-likeness (QED) is 0.617. The number of rotatable bonds is 5. The number of aryl methyl sites for hydroxylation is 2. The van der Waals surface area contributed by atoms with E-state index in [9.17, 15) is 22.8 Å². The highest BCUT2D eigenvalue weighted by Crippen LogP contribution is 2.24. The molecule has 0 aliphatic carbocycles. The lowest BCUT2D eigenvalue weighted by Crippen LogP contribution is -2.38. The monoisotopic (exact) mass is 445 g/mol. The van der Waals surface area contributed by atoms with Gasteiger partial charge in [0.1, 0.15) is 5.39 Å². The summed E-state index contributed by atoms with van der Waals surface area (Å²) < 4.78 is 27.7. The standard InChI is InChI=1S/C20H23N5O5S/c1-6-12-11-21-17-15(19(27)25(5)20(28)24(17)4)16(12)22-18(26)13-7-9-14(10-8-13)31(29,30)23(2)3/h7-11H,6H2,1-5H3,(H,21,22,26). The smallest absolute Gasteiger partial charge is 0.321 e. The number of anilines is 1. The van der Waals surface area contributed by atoms with E-state index in [-0.39, 0.29) is 27.2 Å². The van der Waals surface area contributed by atoms with Crippen molar-refractivity contribution < 1.29 is 13.2 Å². The summed E-state index contributed by atoms with van der Waals surface area (Å²) in [7, 11) is 2.08. The van der Waals surface area contributed by atoms with Gasteiger partial charge in [0.25, 0.3) is 11.5 Å². The molecule has 0 saturated heterocycles. The van der Waals surface area contributed by atoms with Crippen molar-refractivity contribution >= 4 is 32.7 Å². The maximum Gasteiger partial charge on any atom is 0.332 e. The summed E-state index contributed by atoms with van der Waals surface area (Å²) in [4.78, 5) is 42.2. The van der Waals surface area contributed by atoms with E-state index in [0.29, 0.717) is 12.0 Å². The number of carbonyl (C=O) groups excluding carboxylic acids is 1. The maximum absolute atomic E-state index is 12.9. The number of pyridine rings is 1. The van der Waals surface area contributed by atoms with E-state index >= 15 is 0 Å². The highest BCUT2D eigenvalue weighted by atomic mass is 32.2. The minimum atomic E-state index is -3.62. The summed E-state index contributed by atoms with van der Waals surface area (Å²) >= 11 is 0. The van der Waals surface area contributed by atoms with E-state index in [1.165, 1.54) is 63.2 Å². The fraction of sp³-hybridized carbons (Fsp3) is 0.300. The summed E-state index contributed by atoms with van der Waals surface area (Å²) in [5.74, 6) is -0.521. The Morgan fingerprint density at radius 2 is 1.71 bits per heavy atom. The highest BCUT2D eigenvalue weighted by Gasteiger charge is 2.20. The maximum atomic E-state index is 12.9. The number of hydrogen-bond acceptors (Lipinski definition) is 6. The molecule has 2 aromatic heterocycles. The summed E-state index contributed by atoms with van der Waals surface area (Å²) in [5.41, 5.74) is 0.189. The molecule has 2 heterocycles. The Balaban J connectivity index is 2.10. The van der Waals surface area contributed by atoms with Crippen molar-refractivity contribution in [3.05, 3.63) is 62.4 Å². The number of nitrogens with one attached hydrogen (secondary N) is 1. The van der Waals surface area contributed by atoms with Gasteiger partial charge in [-0.25, -0.2) is 22.5 Å². The number of aromatic nitrogens is 3. The van der Waals surface area contributed by atoms with Gasteiger partial charge >= 0.3 is 5.69 Å². The van der Waals surface area contributed by atoms with Gasteiger partial charge < -0.3 is 5.32 Å². The first-order valence-electron chi connectivity index (χ1n) is 9.42. The molecule has 164 valence electrons. The first kappa shape index (κ1) is 22.4. The van der Waals surface area contributed by atoms with Gasteiger partial charge in [-0.1, -0.05) is 6.92 Å². The van der Waals surface area contributed by atoms with Crippen molar-refractivity contribution in [1.29, 1.82) is 0 Å². The molecule has 1 amide bonds. The summed E-state index contributed by atoms with van der Waals surface area (Å²) in [6.45, 7) is 1.85. The SMILES string of the molecule is CCc1cnc2c(c1NC(=O)c1ccc(S(=O)(=O)N(C)C)cc1)c(=O)n(C)c(=O)n2C. The van der Waals surface area contributed by atoms with Crippen LogP contribution in [0.2, 0.25) is 0 Å². The molecule has 0 saturated carbocycles. The average molecular weight is 446 g/mol. The van der Waals surface area contributed by atoms with Crippen molar-refractivity contribution in [3.63, 3.8) is 0 Å². The van der Waals surface area contributed by atoms with Gasteiger partial charge in [0.2, 0.25) is 10.0 Å². The molecule has 0 fully saturated rings. The number of hydrogen-bond donors (Lipinski definition) is 1. The van der Waals surface area contributed by atoms with E-state index in [4.69, 9.17) is 0 Å². The van der Waals surface area contributed by atoms with Crippen LogP contribution in [-0.4, -0.2) is 46.8 Å². The molecule has 1 N–H and O–H groups in total. The summed E-state index contributed by atoms with van der Waals surface area (Å²) in [6.07, 6.45) is 2.01. The average Bonchev–Trinajstić information content (AvgIpc) is 2.75. The van der Waals surface area contributed by atoms with Gasteiger partial charge in [0, 0.05) is 40.0 Å². The molecule has 0 aliphatic rings. The zero-order valence-corrected chi connectivity index (χ0v) is 18.6. The molecule has 0 radical (unpaired) electrons. The van der Waals surface area contributed by atoms with Crippen molar-refractivity contribution in [2.24, 2.45) is 14.1 Å². The molecule has 0 atom stereocenters. The topological polar surface area (TPSA) is 123 Å². The molecule has 0 spiro atoms. The number of benzene rings is 1. The number of carbonyl (C=O) groups is 1. The largest absolute Gasteiger partial charge is 0.332 e.